The van der Waals surface area contributed by atoms with Gasteiger partial charge in [-0.15, -0.1) is 12.3 Å². The molecule has 0 aliphatic carbocycles. The molecule has 4 heteroatoms. The Morgan fingerprint density at radius 3 is 2.83 bits per heavy atom. The molecule has 98 valence electrons. The van der Waals surface area contributed by atoms with Crippen molar-refractivity contribution >= 4 is 15.9 Å². The van der Waals surface area contributed by atoms with Gasteiger partial charge in [-0.3, -0.25) is 0 Å². The predicted molar refractivity (Wildman–Crippen MR) is 77.0 cm³/mol. The second kappa shape index (κ2) is 8.02. The zero-order chi connectivity index (χ0) is 13.4. The van der Waals surface area contributed by atoms with Gasteiger partial charge in [-0.25, -0.2) is 0 Å². The second-order valence-corrected chi connectivity index (χ2v) is 4.53. The van der Waals surface area contributed by atoms with E-state index in [1.807, 2.05) is 19.1 Å². The van der Waals surface area contributed by atoms with Crippen LogP contribution in [0, 0.1) is 12.3 Å². The molecule has 0 saturated heterocycles. The van der Waals surface area contributed by atoms with Gasteiger partial charge in [0, 0.05) is 19.5 Å². The zero-order valence-electron chi connectivity index (χ0n) is 10.8. The van der Waals surface area contributed by atoms with Crippen LogP contribution >= 0.6 is 15.9 Å². The van der Waals surface area contributed by atoms with E-state index in [-0.39, 0.29) is 0 Å². The Morgan fingerprint density at radius 1 is 1.44 bits per heavy atom. The summed E-state index contributed by atoms with van der Waals surface area (Å²) in [5, 5.41) is 3.27. The lowest BCUT2D eigenvalue weighted by Gasteiger charge is -2.13. The highest BCUT2D eigenvalue weighted by Gasteiger charge is 2.10. The molecule has 0 aliphatic rings. The van der Waals surface area contributed by atoms with E-state index in [2.05, 4.69) is 27.2 Å². The number of methoxy groups -OCH3 is 1. The Kier molecular flexibility index (Phi) is 6.63. The molecule has 1 aromatic carbocycles. The van der Waals surface area contributed by atoms with Crippen molar-refractivity contribution in [3.8, 4) is 23.8 Å². The Hall–Kier alpha value is -1.18. The number of halogens is 1. The molecule has 18 heavy (non-hydrogen) atoms. The third kappa shape index (κ3) is 4.25. The highest BCUT2D eigenvalue weighted by Crippen LogP contribution is 2.36. The fraction of sp³-hybridized carbons (Fsp3) is 0.429. The molecule has 0 heterocycles. The summed E-state index contributed by atoms with van der Waals surface area (Å²) in [4.78, 5) is 0. The van der Waals surface area contributed by atoms with E-state index in [1.54, 1.807) is 7.11 Å². The fourth-order valence-electron chi connectivity index (χ4n) is 1.55. The van der Waals surface area contributed by atoms with Gasteiger partial charge in [0.05, 0.1) is 18.2 Å². The topological polar surface area (TPSA) is 30.5 Å². The molecule has 1 N–H and O–H groups in total. The first kappa shape index (κ1) is 14.9. The van der Waals surface area contributed by atoms with Crippen LogP contribution in [0.4, 0.5) is 0 Å². The minimum atomic E-state index is 0.606. The van der Waals surface area contributed by atoms with Gasteiger partial charge in [-0.1, -0.05) is 0 Å². The van der Waals surface area contributed by atoms with Crippen LogP contribution in [0.3, 0.4) is 0 Å². The molecule has 0 aromatic heterocycles. The smallest absolute Gasteiger partial charge is 0.175 e. The first-order valence-corrected chi connectivity index (χ1v) is 6.65. The van der Waals surface area contributed by atoms with Gasteiger partial charge in [0.15, 0.2) is 11.5 Å². The fourth-order valence-corrected chi connectivity index (χ4v) is 2.16. The van der Waals surface area contributed by atoms with E-state index in [1.165, 1.54) is 0 Å². The number of terminal acetylenes is 1. The van der Waals surface area contributed by atoms with Crippen LogP contribution in [0.1, 0.15) is 18.9 Å². The van der Waals surface area contributed by atoms with Crippen LogP contribution in [-0.2, 0) is 6.54 Å². The molecule has 0 atom stereocenters. The largest absolute Gasteiger partial charge is 0.493 e. The summed E-state index contributed by atoms with van der Waals surface area (Å²) in [5.41, 5.74) is 1.12. The number of benzene rings is 1. The molecule has 1 rings (SSSR count). The number of ether oxygens (including phenoxy) is 2. The monoisotopic (exact) mass is 311 g/mol. The highest BCUT2D eigenvalue weighted by molar-refractivity contribution is 9.10. The van der Waals surface area contributed by atoms with Crippen LogP contribution in [0.5, 0.6) is 11.5 Å². The van der Waals surface area contributed by atoms with Gasteiger partial charge in [-0.2, -0.15) is 0 Å². The first-order chi connectivity index (χ1) is 8.72. The summed E-state index contributed by atoms with van der Waals surface area (Å²) in [5.74, 6) is 4.08. The summed E-state index contributed by atoms with van der Waals surface area (Å²) < 4.78 is 11.8. The minimum Gasteiger partial charge on any atom is -0.493 e. The summed E-state index contributed by atoms with van der Waals surface area (Å²) in [6.45, 7) is 4.11. The van der Waals surface area contributed by atoms with E-state index >= 15 is 0 Å². The van der Waals surface area contributed by atoms with Gasteiger partial charge in [0.2, 0.25) is 0 Å². The van der Waals surface area contributed by atoms with Crippen molar-refractivity contribution in [1.82, 2.24) is 5.32 Å². The van der Waals surface area contributed by atoms with Crippen LogP contribution in [0.15, 0.2) is 16.6 Å². The molecule has 0 bridgehead atoms. The number of rotatable bonds is 7. The van der Waals surface area contributed by atoms with Crippen molar-refractivity contribution in [2.75, 3.05) is 20.3 Å². The van der Waals surface area contributed by atoms with E-state index < -0.39 is 0 Å². The lowest BCUT2D eigenvalue weighted by atomic mass is 10.2. The van der Waals surface area contributed by atoms with Gasteiger partial charge in [0.25, 0.3) is 0 Å². The van der Waals surface area contributed by atoms with Gasteiger partial charge in [0.1, 0.15) is 0 Å². The second-order valence-electron chi connectivity index (χ2n) is 3.67. The molecular weight excluding hydrogens is 294 g/mol. The number of hydrogen-bond acceptors (Lipinski definition) is 3. The van der Waals surface area contributed by atoms with Gasteiger partial charge >= 0.3 is 0 Å². The van der Waals surface area contributed by atoms with Gasteiger partial charge in [-0.05, 0) is 40.5 Å². The Bertz CT molecular complexity index is 427. The van der Waals surface area contributed by atoms with Crippen molar-refractivity contribution in [3.63, 3.8) is 0 Å². The molecule has 0 aliphatic heterocycles. The third-order valence-corrected chi connectivity index (χ3v) is 2.94. The predicted octanol–water partition coefficient (Wildman–Crippen LogP) is 2.97. The maximum atomic E-state index is 5.54. The number of hydrogen-bond donors (Lipinski definition) is 1. The lowest BCUT2D eigenvalue weighted by Crippen LogP contribution is -2.14. The van der Waals surface area contributed by atoms with Crippen LogP contribution in [0.25, 0.3) is 0 Å². The Labute approximate surface area is 117 Å². The van der Waals surface area contributed by atoms with Crippen molar-refractivity contribution in [2.24, 2.45) is 0 Å². The van der Waals surface area contributed by atoms with Crippen LogP contribution in [-0.4, -0.2) is 20.3 Å². The summed E-state index contributed by atoms with van der Waals surface area (Å²) >= 11 is 3.50. The number of nitrogens with one attached hydrogen (secondary N) is 1. The molecule has 0 spiro atoms. The summed E-state index contributed by atoms with van der Waals surface area (Å²) in [6, 6.07) is 4.00. The van der Waals surface area contributed by atoms with Crippen molar-refractivity contribution in [2.45, 2.75) is 19.9 Å². The molecule has 0 fully saturated rings. The molecule has 0 radical (unpaired) electrons. The quantitative estimate of drug-likeness (QED) is 0.620. The molecule has 0 unspecified atom stereocenters. The Morgan fingerprint density at radius 2 is 2.22 bits per heavy atom. The van der Waals surface area contributed by atoms with Crippen LogP contribution in [0.2, 0.25) is 0 Å². The zero-order valence-corrected chi connectivity index (χ0v) is 12.3. The average molecular weight is 312 g/mol. The third-order valence-electron chi connectivity index (χ3n) is 2.35. The lowest BCUT2D eigenvalue weighted by molar-refractivity contribution is 0.308. The van der Waals surface area contributed by atoms with Crippen LogP contribution < -0.4 is 14.8 Å². The summed E-state index contributed by atoms with van der Waals surface area (Å²) in [7, 11) is 1.64. The first-order valence-electron chi connectivity index (χ1n) is 5.86. The van der Waals surface area contributed by atoms with Crippen molar-refractivity contribution in [1.29, 1.82) is 0 Å². The van der Waals surface area contributed by atoms with Gasteiger partial charge < -0.3 is 14.8 Å². The molecule has 1 aromatic rings. The highest BCUT2D eigenvalue weighted by atomic mass is 79.9. The Balaban J connectivity index is 2.76. The summed E-state index contributed by atoms with van der Waals surface area (Å²) in [6.07, 6.45) is 5.93. The maximum absolute atomic E-state index is 5.54. The minimum absolute atomic E-state index is 0.606. The molecule has 0 amide bonds. The average Bonchev–Trinajstić information content (AvgIpc) is 2.37. The van der Waals surface area contributed by atoms with Crippen molar-refractivity contribution in [3.05, 3.63) is 22.2 Å². The molecule has 0 saturated carbocycles. The SMILES string of the molecule is C#CCCNCc1cc(Br)c(OCC)c(OC)c1. The molecular formula is C14H18BrNO2. The van der Waals surface area contributed by atoms with E-state index in [4.69, 9.17) is 15.9 Å². The molecule has 3 nitrogen and oxygen atoms in total. The van der Waals surface area contributed by atoms with E-state index in [0.717, 1.165) is 41.0 Å². The van der Waals surface area contributed by atoms with Crippen molar-refractivity contribution < 1.29 is 9.47 Å². The van der Waals surface area contributed by atoms with E-state index in [9.17, 15) is 0 Å². The normalized spacial score (nSPS) is 9.89. The standard InChI is InChI=1S/C14H18BrNO2/c1-4-6-7-16-10-11-8-12(15)14(18-5-2)13(9-11)17-3/h1,8-9,16H,5-7,10H2,2-3H3. The van der Waals surface area contributed by atoms with E-state index in [0.29, 0.717) is 6.61 Å². The maximum Gasteiger partial charge on any atom is 0.175 e.